The first-order valence-corrected chi connectivity index (χ1v) is 8.61. The van der Waals surface area contributed by atoms with Crippen molar-refractivity contribution in [2.24, 2.45) is 5.92 Å². The molecule has 0 amide bonds. The molecule has 0 saturated carbocycles. The van der Waals surface area contributed by atoms with Gasteiger partial charge in [-0.05, 0) is 58.3 Å². The number of fused-ring (bicyclic) bond motifs is 1. The lowest BCUT2D eigenvalue weighted by Gasteiger charge is -2.39. The van der Waals surface area contributed by atoms with E-state index in [2.05, 4.69) is 40.7 Å². The molecule has 0 radical (unpaired) electrons. The van der Waals surface area contributed by atoms with Crippen molar-refractivity contribution in [1.82, 2.24) is 0 Å². The van der Waals surface area contributed by atoms with Crippen LogP contribution in [0.3, 0.4) is 0 Å². The lowest BCUT2D eigenvalue weighted by Crippen LogP contribution is -2.40. The Labute approximate surface area is 145 Å². The van der Waals surface area contributed by atoms with Gasteiger partial charge in [-0.1, -0.05) is 30.3 Å². The summed E-state index contributed by atoms with van der Waals surface area (Å²) in [5, 5.41) is 0. The van der Waals surface area contributed by atoms with E-state index in [1.807, 2.05) is 30.3 Å². The van der Waals surface area contributed by atoms with Crippen LogP contribution in [-0.2, 0) is 14.2 Å². The minimum atomic E-state index is -0.455. The average molecular weight is 328 g/mol. The molecule has 1 heterocycles. The minimum Gasteiger partial charge on any atom is -0.491 e. The normalized spacial score (nSPS) is 29.8. The molecule has 0 bridgehead atoms. The summed E-state index contributed by atoms with van der Waals surface area (Å²) in [6, 6.07) is 10.1. The van der Waals surface area contributed by atoms with E-state index in [-0.39, 0.29) is 11.5 Å². The summed E-state index contributed by atoms with van der Waals surface area (Å²) >= 11 is 0. The highest BCUT2D eigenvalue weighted by molar-refractivity contribution is 5.41. The molecule has 1 aromatic carbocycles. The largest absolute Gasteiger partial charge is 0.491 e. The van der Waals surface area contributed by atoms with Gasteiger partial charge in [-0.15, -0.1) is 0 Å². The van der Waals surface area contributed by atoms with Gasteiger partial charge in [0, 0.05) is 12.7 Å². The van der Waals surface area contributed by atoms with Crippen molar-refractivity contribution in [2.75, 3.05) is 7.11 Å². The Morgan fingerprint density at radius 3 is 2.42 bits per heavy atom. The summed E-state index contributed by atoms with van der Waals surface area (Å²) in [7, 11) is 1.69. The molecule has 1 fully saturated rings. The predicted octanol–water partition coefficient (Wildman–Crippen LogP) is 5.16. The van der Waals surface area contributed by atoms with E-state index >= 15 is 0 Å². The maximum Gasteiger partial charge on any atom is 0.184 e. The third-order valence-corrected chi connectivity index (χ3v) is 5.20. The Bertz CT molecular complexity index is 672. The fraction of sp³-hybridized carbons (Fsp3) is 0.524. The zero-order valence-corrected chi connectivity index (χ0v) is 15.6. The van der Waals surface area contributed by atoms with Gasteiger partial charge < -0.3 is 14.2 Å². The van der Waals surface area contributed by atoms with Gasteiger partial charge in [-0.3, -0.25) is 0 Å². The van der Waals surface area contributed by atoms with Crippen LogP contribution in [0.4, 0.5) is 0 Å². The highest BCUT2D eigenvalue weighted by Crippen LogP contribution is 2.51. The number of hydrogen-bond donors (Lipinski definition) is 0. The first-order valence-electron chi connectivity index (χ1n) is 8.61. The van der Waals surface area contributed by atoms with Gasteiger partial charge in [-0.2, -0.15) is 0 Å². The molecule has 3 rings (SSSR count). The zero-order valence-electron chi connectivity index (χ0n) is 15.6. The van der Waals surface area contributed by atoms with E-state index in [4.69, 9.17) is 14.2 Å². The summed E-state index contributed by atoms with van der Waals surface area (Å²) in [6.45, 7) is 10.7. The second-order valence-corrected chi connectivity index (χ2v) is 7.72. The summed E-state index contributed by atoms with van der Waals surface area (Å²) in [6.07, 6.45) is 2.77. The lowest BCUT2D eigenvalue weighted by atomic mass is 9.76. The van der Waals surface area contributed by atoms with Gasteiger partial charge in [0.2, 0.25) is 0 Å². The highest BCUT2D eigenvalue weighted by Gasteiger charge is 2.50. The van der Waals surface area contributed by atoms with E-state index in [1.165, 1.54) is 11.1 Å². The monoisotopic (exact) mass is 328 g/mol. The van der Waals surface area contributed by atoms with E-state index in [9.17, 15) is 0 Å². The molecule has 130 valence electrons. The number of rotatable bonds is 4. The van der Waals surface area contributed by atoms with Gasteiger partial charge in [0.15, 0.2) is 6.29 Å². The summed E-state index contributed by atoms with van der Waals surface area (Å²) in [4.78, 5) is 0. The van der Waals surface area contributed by atoms with Crippen molar-refractivity contribution >= 4 is 0 Å². The van der Waals surface area contributed by atoms with Crippen molar-refractivity contribution in [3.63, 3.8) is 0 Å². The molecule has 0 spiro atoms. The maximum absolute atomic E-state index is 6.53. The Morgan fingerprint density at radius 2 is 1.79 bits per heavy atom. The first kappa shape index (κ1) is 17.2. The maximum atomic E-state index is 6.53. The molecule has 1 aromatic rings. The van der Waals surface area contributed by atoms with Crippen LogP contribution in [0.15, 0.2) is 53.3 Å². The number of methoxy groups -OCH3 is 1. The van der Waals surface area contributed by atoms with E-state index in [1.54, 1.807) is 7.11 Å². The van der Waals surface area contributed by atoms with Gasteiger partial charge in [0.1, 0.15) is 11.4 Å². The molecule has 3 unspecified atom stereocenters. The molecule has 0 aromatic heterocycles. The summed E-state index contributed by atoms with van der Waals surface area (Å²) in [5.41, 5.74) is 2.85. The molecule has 3 atom stereocenters. The van der Waals surface area contributed by atoms with Crippen LogP contribution >= 0.6 is 0 Å². The average Bonchev–Trinajstić information content (AvgIpc) is 2.88. The van der Waals surface area contributed by atoms with Crippen molar-refractivity contribution in [3.8, 4) is 0 Å². The third-order valence-electron chi connectivity index (χ3n) is 5.20. The van der Waals surface area contributed by atoms with Gasteiger partial charge >= 0.3 is 0 Å². The molecule has 1 aliphatic carbocycles. The first-order chi connectivity index (χ1) is 11.3. The molecule has 2 aliphatic rings. The smallest absolute Gasteiger partial charge is 0.184 e. The van der Waals surface area contributed by atoms with Gasteiger partial charge in [-0.25, -0.2) is 0 Å². The Kier molecular flexibility index (Phi) is 4.35. The van der Waals surface area contributed by atoms with Crippen LogP contribution in [-0.4, -0.2) is 18.3 Å². The van der Waals surface area contributed by atoms with Crippen molar-refractivity contribution in [1.29, 1.82) is 0 Å². The molecule has 1 aliphatic heterocycles. The third kappa shape index (κ3) is 3.03. The van der Waals surface area contributed by atoms with E-state index in [0.29, 0.717) is 0 Å². The second kappa shape index (κ2) is 6.05. The quantitative estimate of drug-likeness (QED) is 0.715. The van der Waals surface area contributed by atoms with Crippen LogP contribution in [0.1, 0.15) is 52.9 Å². The van der Waals surface area contributed by atoms with Crippen LogP contribution in [0, 0.1) is 5.92 Å². The topological polar surface area (TPSA) is 27.7 Å². The predicted molar refractivity (Wildman–Crippen MR) is 95.4 cm³/mol. The standard InChI is InChI=1S/C21H28O3/c1-14-12-21(5,17-13-20(3,4)23-18(17)15(14)2)24-19(22-6)16-10-8-7-9-11-16/h7-12,17,19H,13H2,1-6H3. The summed E-state index contributed by atoms with van der Waals surface area (Å²) in [5.74, 6) is 1.28. The summed E-state index contributed by atoms with van der Waals surface area (Å²) < 4.78 is 18.5. The van der Waals surface area contributed by atoms with Crippen molar-refractivity contribution < 1.29 is 14.2 Å². The fourth-order valence-corrected chi connectivity index (χ4v) is 3.84. The molecule has 0 N–H and O–H groups in total. The van der Waals surface area contributed by atoms with Crippen molar-refractivity contribution in [3.05, 3.63) is 58.9 Å². The number of allylic oxidation sites excluding steroid dienone is 2. The molecule has 3 nitrogen and oxygen atoms in total. The Hall–Kier alpha value is -1.58. The second-order valence-electron chi connectivity index (χ2n) is 7.72. The molecule has 3 heteroatoms. The highest BCUT2D eigenvalue weighted by atomic mass is 16.7. The van der Waals surface area contributed by atoms with Gasteiger partial charge in [0.25, 0.3) is 0 Å². The molecular weight excluding hydrogens is 300 g/mol. The SMILES string of the molecule is COC(OC1(C)C=C(C)C(C)=C2OC(C)(C)CC21)c1ccccc1. The zero-order chi connectivity index (χ0) is 17.5. The van der Waals surface area contributed by atoms with Crippen molar-refractivity contribution in [2.45, 2.75) is 58.5 Å². The number of ether oxygens (including phenoxy) is 3. The van der Waals surface area contributed by atoms with Crippen LogP contribution < -0.4 is 0 Å². The van der Waals surface area contributed by atoms with Crippen LogP contribution in [0.25, 0.3) is 0 Å². The minimum absolute atomic E-state index is 0.167. The molecular formula is C21H28O3. The fourth-order valence-electron chi connectivity index (χ4n) is 3.84. The lowest BCUT2D eigenvalue weighted by molar-refractivity contribution is -0.195. The Balaban J connectivity index is 1.94. The Morgan fingerprint density at radius 1 is 1.12 bits per heavy atom. The van der Waals surface area contributed by atoms with E-state index in [0.717, 1.165) is 17.7 Å². The van der Waals surface area contributed by atoms with Crippen LogP contribution in [0.5, 0.6) is 0 Å². The van der Waals surface area contributed by atoms with E-state index < -0.39 is 11.9 Å². The van der Waals surface area contributed by atoms with Crippen LogP contribution in [0.2, 0.25) is 0 Å². The van der Waals surface area contributed by atoms with Gasteiger partial charge in [0.05, 0.1) is 11.5 Å². The number of benzene rings is 1. The molecule has 24 heavy (non-hydrogen) atoms. The number of hydrogen-bond acceptors (Lipinski definition) is 3. The molecule has 1 saturated heterocycles.